The summed E-state index contributed by atoms with van der Waals surface area (Å²) < 4.78 is 0. The van der Waals surface area contributed by atoms with E-state index in [1.54, 1.807) is 11.3 Å². The van der Waals surface area contributed by atoms with E-state index >= 15 is 0 Å². The van der Waals surface area contributed by atoms with Gasteiger partial charge in [-0.25, -0.2) is 4.98 Å². The Kier molecular flexibility index (Phi) is 2.17. The average molecular weight is 155 g/mol. The van der Waals surface area contributed by atoms with Crippen molar-refractivity contribution in [1.82, 2.24) is 4.98 Å². The molecule has 3 heteroatoms. The highest BCUT2D eigenvalue weighted by molar-refractivity contribution is 7.09. The van der Waals surface area contributed by atoms with Crippen molar-refractivity contribution in [2.75, 3.05) is 0 Å². The summed E-state index contributed by atoms with van der Waals surface area (Å²) in [5.41, 5.74) is 0.887. The van der Waals surface area contributed by atoms with E-state index in [0.29, 0.717) is 0 Å². The molecule has 0 spiro atoms. The molecular weight excluding hydrogens is 146 g/mol. The first kappa shape index (κ1) is 7.41. The average Bonchev–Trinajstić information content (AvgIpc) is 2.34. The lowest BCUT2D eigenvalue weighted by molar-refractivity contribution is -0.108. The van der Waals surface area contributed by atoms with Crippen molar-refractivity contribution in [3.05, 3.63) is 16.1 Å². The number of rotatable bonds is 2. The second-order valence-corrected chi connectivity index (χ2v) is 3.28. The molecule has 54 valence electrons. The first-order chi connectivity index (χ1) is 4.74. The molecule has 10 heavy (non-hydrogen) atoms. The number of aromatic nitrogens is 1. The normalized spacial score (nSPS) is 13.0. The molecule has 0 saturated carbocycles. The molecule has 1 aromatic heterocycles. The minimum atomic E-state index is -0.0510. The number of carbonyl (C=O) groups is 1. The Balaban J connectivity index is 2.84. The van der Waals surface area contributed by atoms with Gasteiger partial charge in [0.1, 0.15) is 6.29 Å². The van der Waals surface area contributed by atoms with E-state index < -0.39 is 0 Å². The van der Waals surface area contributed by atoms with E-state index in [1.807, 2.05) is 19.2 Å². The fourth-order valence-corrected chi connectivity index (χ4v) is 1.38. The van der Waals surface area contributed by atoms with E-state index in [4.69, 9.17) is 0 Å². The molecule has 0 aliphatic heterocycles. The van der Waals surface area contributed by atoms with E-state index in [1.165, 1.54) is 0 Å². The third-order valence-electron chi connectivity index (χ3n) is 1.31. The highest BCUT2D eigenvalue weighted by Gasteiger charge is 2.05. The zero-order valence-electron chi connectivity index (χ0n) is 6.00. The van der Waals surface area contributed by atoms with Gasteiger partial charge in [0.2, 0.25) is 0 Å². The van der Waals surface area contributed by atoms with Crippen LogP contribution in [0.4, 0.5) is 0 Å². The molecule has 1 atom stereocenters. The third kappa shape index (κ3) is 1.42. The summed E-state index contributed by atoms with van der Waals surface area (Å²) in [4.78, 5) is 14.4. The molecule has 0 aliphatic rings. The van der Waals surface area contributed by atoms with Gasteiger partial charge < -0.3 is 4.79 Å². The van der Waals surface area contributed by atoms with Crippen LogP contribution in [-0.2, 0) is 4.79 Å². The Hall–Kier alpha value is -0.700. The molecule has 0 N–H and O–H groups in total. The van der Waals surface area contributed by atoms with Gasteiger partial charge in [0.25, 0.3) is 0 Å². The minimum absolute atomic E-state index is 0.0510. The number of thiazole rings is 1. The van der Waals surface area contributed by atoms with Crippen LogP contribution in [0.3, 0.4) is 0 Å². The number of nitrogens with zero attached hydrogens (tertiary/aromatic N) is 1. The van der Waals surface area contributed by atoms with E-state index in [9.17, 15) is 4.79 Å². The first-order valence-corrected chi connectivity index (χ1v) is 3.99. The topological polar surface area (TPSA) is 30.0 Å². The number of hydrogen-bond acceptors (Lipinski definition) is 3. The maximum absolute atomic E-state index is 10.3. The summed E-state index contributed by atoms with van der Waals surface area (Å²) in [7, 11) is 0. The predicted molar refractivity (Wildman–Crippen MR) is 41.3 cm³/mol. The summed E-state index contributed by atoms with van der Waals surface area (Å²) in [5.74, 6) is -0.0510. The molecule has 1 aromatic rings. The van der Waals surface area contributed by atoms with Gasteiger partial charge in [0.15, 0.2) is 0 Å². The Morgan fingerprint density at radius 3 is 2.90 bits per heavy atom. The van der Waals surface area contributed by atoms with Crippen LogP contribution in [0.25, 0.3) is 0 Å². The molecule has 1 heterocycles. The van der Waals surface area contributed by atoms with Crippen molar-refractivity contribution >= 4 is 17.6 Å². The van der Waals surface area contributed by atoms with Crippen LogP contribution in [0, 0.1) is 6.92 Å². The molecule has 0 amide bonds. The lowest BCUT2D eigenvalue weighted by Gasteiger charge is -1.94. The summed E-state index contributed by atoms with van der Waals surface area (Å²) >= 11 is 1.58. The van der Waals surface area contributed by atoms with Crippen LogP contribution in [-0.4, -0.2) is 11.3 Å². The van der Waals surface area contributed by atoms with Crippen LogP contribution in [0.2, 0.25) is 0 Å². The predicted octanol–water partition coefficient (Wildman–Crippen LogP) is 1.75. The molecule has 0 saturated heterocycles. The second kappa shape index (κ2) is 2.92. The maximum atomic E-state index is 10.3. The molecule has 0 aliphatic carbocycles. The van der Waals surface area contributed by atoms with Crippen molar-refractivity contribution in [3.8, 4) is 0 Å². The molecule has 0 aromatic carbocycles. The molecular formula is C7H9NOS. The number of aryl methyl sites for hydroxylation is 1. The fraction of sp³-hybridized carbons (Fsp3) is 0.429. The van der Waals surface area contributed by atoms with Gasteiger partial charge in [-0.2, -0.15) is 0 Å². The minimum Gasteiger partial charge on any atom is -0.303 e. The molecule has 0 bridgehead atoms. The highest BCUT2D eigenvalue weighted by atomic mass is 32.1. The van der Waals surface area contributed by atoms with Crippen molar-refractivity contribution in [3.63, 3.8) is 0 Å². The van der Waals surface area contributed by atoms with Crippen molar-refractivity contribution < 1.29 is 4.79 Å². The van der Waals surface area contributed by atoms with E-state index in [0.717, 1.165) is 17.0 Å². The van der Waals surface area contributed by atoms with Gasteiger partial charge in [-0.05, 0) is 6.92 Å². The lowest BCUT2D eigenvalue weighted by atomic mass is 10.1. The van der Waals surface area contributed by atoms with Crippen molar-refractivity contribution in [2.45, 2.75) is 19.8 Å². The summed E-state index contributed by atoms with van der Waals surface area (Å²) in [6.07, 6.45) is 0.911. The van der Waals surface area contributed by atoms with Gasteiger partial charge in [0, 0.05) is 5.38 Å². The van der Waals surface area contributed by atoms with Crippen molar-refractivity contribution in [1.29, 1.82) is 0 Å². The summed E-state index contributed by atoms with van der Waals surface area (Å²) in [6.45, 7) is 3.78. The number of carbonyl (C=O) groups excluding carboxylic acids is 1. The van der Waals surface area contributed by atoms with Crippen LogP contribution in [0.5, 0.6) is 0 Å². The van der Waals surface area contributed by atoms with E-state index in [2.05, 4.69) is 4.98 Å². The third-order valence-corrected chi connectivity index (χ3v) is 2.10. The van der Waals surface area contributed by atoms with Gasteiger partial charge in [-0.3, -0.25) is 0 Å². The van der Waals surface area contributed by atoms with Crippen LogP contribution in [0.15, 0.2) is 5.38 Å². The van der Waals surface area contributed by atoms with Gasteiger partial charge in [0.05, 0.1) is 16.6 Å². The monoisotopic (exact) mass is 155 g/mol. The Morgan fingerprint density at radius 2 is 2.50 bits per heavy atom. The molecule has 0 fully saturated rings. The smallest absolute Gasteiger partial charge is 0.128 e. The SMILES string of the molecule is Cc1nc(C(C)C=O)cs1. The Morgan fingerprint density at radius 1 is 1.80 bits per heavy atom. The van der Waals surface area contributed by atoms with Gasteiger partial charge in [-0.1, -0.05) is 6.92 Å². The standard InChI is InChI=1S/C7H9NOS/c1-5(3-9)7-4-10-6(2)8-7/h3-5H,1-2H3. The highest BCUT2D eigenvalue weighted by Crippen LogP contribution is 2.15. The Bertz CT molecular complexity index is 231. The zero-order chi connectivity index (χ0) is 7.56. The van der Waals surface area contributed by atoms with Crippen LogP contribution >= 0.6 is 11.3 Å². The molecule has 2 nitrogen and oxygen atoms in total. The summed E-state index contributed by atoms with van der Waals surface area (Å²) in [5, 5.41) is 2.94. The fourth-order valence-electron chi connectivity index (χ4n) is 0.659. The van der Waals surface area contributed by atoms with Gasteiger partial charge in [-0.15, -0.1) is 11.3 Å². The molecule has 1 rings (SSSR count). The molecule has 0 radical (unpaired) electrons. The van der Waals surface area contributed by atoms with E-state index in [-0.39, 0.29) is 5.92 Å². The largest absolute Gasteiger partial charge is 0.303 e. The first-order valence-electron chi connectivity index (χ1n) is 3.11. The van der Waals surface area contributed by atoms with Crippen molar-refractivity contribution in [2.24, 2.45) is 0 Å². The van der Waals surface area contributed by atoms with Crippen LogP contribution < -0.4 is 0 Å². The molecule has 1 unspecified atom stereocenters. The Labute approximate surface area is 63.9 Å². The summed E-state index contributed by atoms with van der Waals surface area (Å²) in [6, 6.07) is 0. The zero-order valence-corrected chi connectivity index (χ0v) is 6.81. The quantitative estimate of drug-likeness (QED) is 0.609. The lowest BCUT2D eigenvalue weighted by Crippen LogP contribution is -1.93. The maximum Gasteiger partial charge on any atom is 0.128 e. The van der Waals surface area contributed by atoms with Gasteiger partial charge >= 0.3 is 0 Å². The second-order valence-electron chi connectivity index (χ2n) is 2.22. The van der Waals surface area contributed by atoms with Crippen LogP contribution in [0.1, 0.15) is 23.5 Å². The number of hydrogen-bond donors (Lipinski definition) is 0. The number of aldehydes is 1.